The fraction of sp³-hybridized carbons (Fsp3) is 0.500. The van der Waals surface area contributed by atoms with Gasteiger partial charge in [-0.2, -0.15) is 4.31 Å². The Hall–Kier alpha value is -2.16. The Balaban J connectivity index is 1.17. The van der Waals surface area contributed by atoms with Crippen molar-refractivity contribution in [2.45, 2.75) is 37.0 Å². The number of fused-ring (bicyclic) bond motifs is 1. The van der Waals surface area contributed by atoms with Crippen LogP contribution in [0.3, 0.4) is 0 Å². The van der Waals surface area contributed by atoms with Crippen molar-refractivity contribution < 1.29 is 13.2 Å². The number of hydrogen-bond donors (Lipinski definition) is 0. The van der Waals surface area contributed by atoms with Gasteiger partial charge in [0.1, 0.15) is 5.82 Å². The van der Waals surface area contributed by atoms with Crippen LogP contribution in [0.2, 0.25) is 5.02 Å². The number of amides is 1. The molecule has 5 rings (SSSR count). The molecule has 1 amide bonds. The van der Waals surface area contributed by atoms with E-state index in [1.807, 2.05) is 29.2 Å². The van der Waals surface area contributed by atoms with Crippen molar-refractivity contribution in [2.75, 3.05) is 44.2 Å². The molecule has 2 fully saturated rings. The number of anilines is 1. The molecule has 9 heteroatoms. The number of piperazine rings is 1. The van der Waals surface area contributed by atoms with Gasteiger partial charge >= 0.3 is 0 Å². The molecule has 0 bridgehead atoms. The van der Waals surface area contributed by atoms with E-state index >= 15 is 0 Å². The standard InChI is InChI=1S/C24H29ClN4O3S/c25-22-5-2-10-26-23(22)27-13-15-28(16-14-27)24(30)19-8-11-29(12-9-19)33(31,32)21-7-6-18-3-1-4-20(18)17-21/h2,5-7,10,17,19H,1,3-4,8-9,11-16H2. The van der Waals surface area contributed by atoms with Crippen LogP contribution in [0.1, 0.15) is 30.4 Å². The Morgan fingerprint density at radius 1 is 0.970 bits per heavy atom. The molecule has 0 N–H and O–H groups in total. The molecule has 0 saturated carbocycles. The highest BCUT2D eigenvalue weighted by atomic mass is 35.5. The summed E-state index contributed by atoms with van der Waals surface area (Å²) in [6, 6.07) is 9.18. The van der Waals surface area contributed by atoms with Crippen LogP contribution in [-0.4, -0.2) is 67.8 Å². The lowest BCUT2D eigenvalue weighted by molar-refractivity contribution is -0.137. The summed E-state index contributed by atoms with van der Waals surface area (Å²) in [7, 11) is -3.52. The average molecular weight is 489 g/mol. The van der Waals surface area contributed by atoms with E-state index < -0.39 is 10.0 Å². The monoisotopic (exact) mass is 488 g/mol. The second-order valence-corrected chi connectivity index (χ2v) is 11.4. The van der Waals surface area contributed by atoms with Crippen molar-refractivity contribution in [1.29, 1.82) is 0 Å². The molecule has 3 heterocycles. The summed E-state index contributed by atoms with van der Waals surface area (Å²) in [5.41, 5.74) is 2.43. The summed E-state index contributed by atoms with van der Waals surface area (Å²) in [4.78, 5) is 21.9. The minimum Gasteiger partial charge on any atom is -0.352 e. The van der Waals surface area contributed by atoms with Gasteiger partial charge in [0.05, 0.1) is 9.92 Å². The minimum absolute atomic E-state index is 0.124. The summed E-state index contributed by atoms with van der Waals surface area (Å²) in [6.45, 7) is 3.40. The third kappa shape index (κ3) is 4.48. The lowest BCUT2D eigenvalue weighted by atomic mass is 9.96. The second-order valence-electron chi connectivity index (χ2n) is 9.08. The molecule has 33 heavy (non-hydrogen) atoms. The molecule has 1 aromatic heterocycles. The van der Waals surface area contributed by atoms with Crippen LogP contribution >= 0.6 is 11.6 Å². The van der Waals surface area contributed by atoms with Gasteiger partial charge in [0.25, 0.3) is 0 Å². The van der Waals surface area contributed by atoms with Gasteiger partial charge in [-0.15, -0.1) is 0 Å². The fourth-order valence-electron chi connectivity index (χ4n) is 5.21. The third-order valence-corrected chi connectivity index (χ3v) is 9.33. The van der Waals surface area contributed by atoms with Crippen molar-refractivity contribution >= 4 is 33.3 Å². The number of aromatic nitrogens is 1. The first-order chi connectivity index (χ1) is 15.9. The predicted octanol–water partition coefficient (Wildman–Crippen LogP) is 2.97. The summed E-state index contributed by atoms with van der Waals surface area (Å²) in [6.07, 6.45) is 5.94. The number of aryl methyl sites for hydroxylation is 2. The fourth-order valence-corrected chi connectivity index (χ4v) is 6.97. The number of piperidine rings is 1. The zero-order valence-electron chi connectivity index (χ0n) is 18.6. The van der Waals surface area contributed by atoms with Gasteiger partial charge in [0.2, 0.25) is 15.9 Å². The predicted molar refractivity (Wildman–Crippen MR) is 128 cm³/mol. The minimum atomic E-state index is -3.52. The van der Waals surface area contributed by atoms with Crippen molar-refractivity contribution in [3.63, 3.8) is 0 Å². The first-order valence-corrected chi connectivity index (χ1v) is 13.5. The zero-order valence-corrected chi connectivity index (χ0v) is 20.2. The Labute approximate surface area is 200 Å². The number of benzene rings is 1. The maximum Gasteiger partial charge on any atom is 0.243 e. The van der Waals surface area contributed by atoms with Gasteiger partial charge in [-0.25, -0.2) is 13.4 Å². The molecule has 1 aromatic carbocycles. The summed E-state index contributed by atoms with van der Waals surface area (Å²) in [5.74, 6) is 0.772. The lowest BCUT2D eigenvalue weighted by Crippen LogP contribution is -2.52. The summed E-state index contributed by atoms with van der Waals surface area (Å²) >= 11 is 6.26. The highest BCUT2D eigenvalue weighted by Gasteiger charge is 2.35. The number of carbonyl (C=O) groups excluding carboxylic acids is 1. The molecule has 2 aromatic rings. The number of pyridine rings is 1. The van der Waals surface area contributed by atoms with Crippen molar-refractivity contribution in [2.24, 2.45) is 5.92 Å². The molecule has 1 aliphatic carbocycles. The van der Waals surface area contributed by atoms with Gasteiger partial charge in [0.15, 0.2) is 0 Å². The van der Waals surface area contributed by atoms with Crippen molar-refractivity contribution in [1.82, 2.24) is 14.2 Å². The van der Waals surface area contributed by atoms with E-state index in [2.05, 4.69) is 9.88 Å². The molecule has 0 atom stereocenters. The molecule has 2 aliphatic heterocycles. The van der Waals surface area contributed by atoms with E-state index in [0.29, 0.717) is 62.0 Å². The van der Waals surface area contributed by atoms with Crippen LogP contribution in [0.4, 0.5) is 5.82 Å². The van der Waals surface area contributed by atoms with Crippen LogP contribution in [0.25, 0.3) is 0 Å². The molecule has 0 unspecified atom stereocenters. The maximum atomic E-state index is 13.2. The maximum absolute atomic E-state index is 13.2. The second kappa shape index (κ2) is 9.24. The van der Waals surface area contributed by atoms with Gasteiger partial charge < -0.3 is 9.80 Å². The molecular formula is C24H29ClN4O3S. The van der Waals surface area contributed by atoms with Crippen LogP contribution in [0, 0.1) is 5.92 Å². The Bertz CT molecular complexity index is 1140. The quantitative estimate of drug-likeness (QED) is 0.661. The smallest absolute Gasteiger partial charge is 0.243 e. The number of rotatable bonds is 4. The van der Waals surface area contributed by atoms with Crippen LogP contribution in [0.15, 0.2) is 41.4 Å². The van der Waals surface area contributed by atoms with E-state index in [1.165, 1.54) is 5.56 Å². The van der Waals surface area contributed by atoms with E-state index in [-0.39, 0.29) is 11.8 Å². The summed E-state index contributed by atoms with van der Waals surface area (Å²) in [5, 5.41) is 0.620. The normalized spacial score (nSPS) is 20.2. The SMILES string of the molecule is O=C(C1CCN(S(=O)(=O)c2ccc3c(c2)CCC3)CC1)N1CCN(c2ncccc2Cl)CC1. The number of hydrogen-bond acceptors (Lipinski definition) is 5. The van der Waals surface area contributed by atoms with Crippen LogP contribution in [0.5, 0.6) is 0 Å². The molecule has 2 saturated heterocycles. The number of halogens is 1. The number of carbonyl (C=O) groups is 1. The topological polar surface area (TPSA) is 73.8 Å². The van der Waals surface area contributed by atoms with E-state index in [4.69, 9.17) is 11.6 Å². The Morgan fingerprint density at radius 3 is 2.42 bits per heavy atom. The van der Waals surface area contributed by atoms with Gasteiger partial charge in [-0.1, -0.05) is 17.7 Å². The van der Waals surface area contributed by atoms with E-state index in [1.54, 1.807) is 16.6 Å². The van der Waals surface area contributed by atoms with E-state index in [9.17, 15) is 13.2 Å². The Kier molecular flexibility index (Phi) is 6.33. The number of nitrogens with zero attached hydrogens (tertiary/aromatic N) is 4. The molecule has 7 nitrogen and oxygen atoms in total. The van der Waals surface area contributed by atoms with Gasteiger partial charge in [-0.05, 0) is 67.5 Å². The third-order valence-electron chi connectivity index (χ3n) is 7.14. The molecular weight excluding hydrogens is 460 g/mol. The van der Waals surface area contributed by atoms with Crippen molar-refractivity contribution in [3.05, 3.63) is 52.7 Å². The molecule has 0 spiro atoms. The van der Waals surface area contributed by atoms with Gasteiger partial charge in [0, 0.05) is 51.4 Å². The highest BCUT2D eigenvalue weighted by molar-refractivity contribution is 7.89. The highest BCUT2D eigenvalue weighted by Crippen LogP contribution is 2.30. The number of sulfonamides is 1. The van der Waals surface area contributed by atoms with Crippen molar-refractivity contribution in [3.8, 4) is 0 Å². The van der Waals surface area contributed by atoms with Crippen LogP contribution < -0.4 is 4.90 Å². The first-order valence-electron chi connectivity index (χ1n) is 11.7. The first kappa shape index (κ1) is 22.6. The molecule has 0 radical (unpaired) electrons. The lowest BCUT2D eigenvalue weighted by Gasteiger charge is -2.39. The zero-order chi connectivity index (χ0) is 23.0. The largest absolute Gasteiger partial charge is 0.352 e. The van der Waals surface area contributed by atoms with Crippen LogP contribution in [-0.2, 0) is 27.7 Å². The van der Waals surface area contributed by atoms with Gasteiger partial charge in [-0.3, -0.25) is 4.79 Å². The Morgan fingerprint density at radius 2 is 1.70 bits per heavy atom. The van der Waals surface area contributed by atoms with E-state index in [0.717, 1.165) is 30.6 Å². The molecule has 3 aliphatic rings. The summed E-state index contributed by atoms with van der Waals surface area (Å²) < 4.78 is 27.9. The average Bonchev–Trinajstić information content (AvgIpc) is 3.32. The molecule has 176 valence electrons.